The molecule has 1 aromatic heterocycles. The van der Waals surface area contributed by atoms with Gasteiger partial charge < -0.3 is 20.7 Å². The Bertz CT molecular complexity index is 467. The summed E-state index contributed by atoms with van der Waals surface area (Å²) in [6, 6.07) is 3.17. The molecule has 0 spiro atoms. The molecule has 1 heterocycles. The molecule has 0 radical (unpaired) electrons. The lowest BCUT2D eigenvalue weighted by molar-refractivity contribution is -0.137. The lowest BCUT2D eigenvalue weighted by Gasteiger charge is -2.07. The maximum absolute atomic E-state index is 11.8. The fourth-order valence-electron chi connectivity index (χ4n) is 1.62. The van der Waals surface area contributed by atoms with Gasteiger partial charge in [-0.1, -0.05) is 0 Å². The van der Waals surface area contributed by atoms with E-state index in [1.54, 1.807) is 12.1 Å². The largest absolute Gasteiger partial charge is 0.480 e. The summed E-state index contributed by atoms with van der Waals surface area (Å²) >= 11 is 0. The standard InChI is InChI=1S/C12H17N3O4/c13-10(16)5-1-2-6-14-12(19)9-4-3-7-15(9)8-11(17)18/h3-4,7H,1-2,5-6,8H2,(H2,13,16)(H,14,19)(H,17,18). The highest BCUT2D eigenvalue weighted by atomic mass is 16.4. The van der Waals surface area contributed by atoms with E-state index in [1.165, 1.54) is 10.8 Å². The van der Waals surface area contributed by atoms with Gasteiger partial charge in [0.15, 0.2) is 0 Å². The molecular weight excluding hydrogens is 250 g/mol. The van der Waals surface area contributed by atoms with Crippen molar-refractivity contribution in [3.8, 4) is 0 Å². The molecule has 0 bridgehead atoms. The van der Waals surface area contributed by atoms with Gasteiger partial charge in [0, 0.05) is 19.2 Å². The summed E-state index contributed by atoms with van der Waals surface area (Å²) in [7, 11) is 0. The number of carboxylic acid groups (broad SMARTS) is 1. The van der Waals surface area contributed by atoms with Crippen LogP contribution in [0.5, 0.6) is 0 Å². The number of carbonyl (C=O) groups excluding carboxylic acids is 2. The number of carboxylic acids is 1. The summed E-state index contributed by atoms with van der Waals surface area (Å²) in [5.74, 6) is -1.70. The van der Waals surface area contributed by atoms with Gasteiger partial charge in [-0.05, 0) is 25.0 Å². The third-order valence-corrected chi connectivity index (χ3v) is 2.50. The maximum atomic E-state index is 11.8. The number of unbranched alkanes of at least 4 members (excludes halogenated alkanes) is 1. The first-order valence-corrected chi connectivity index (χ1v) is 5.94. The predicted molar refractivity (Wildman–Crippen MR) is 67.4 cm³/mol. The molecule has 0 aliphatic rings. The SMILES string of the molecule is NC(=O)CCCCNC(=O)c1cccn1CC(=O)O. The molecule has 7 nitrogen and oxygen atoms in total. The average molecular weight is 267 g/mol. The van der Waals surface area contributed by atoms with Gasteiger partial charge in [0.05, 0.1) is 0 Å². The minimum Gasteiger partial charge on any atom is -0.480 e. The van der Waals surface area contributed by atoms with Crippen LogP contribution in [0, 0.1) is 0 Å². The van der Waals surface area contributed by atoms with Crippen LogP contribution < -0.4 is 11.1 Å². The first kappa shape index (κ1) is 14.7. The van der Waals surface area contributed by atoms with Crippen LogP contribution in [-0.4, -0.2) is 34.0 Å². The molecule has 4 N–H and O–H groups in total. The molecule has 7 heteroatoms. The number of aromatic nitrogens is 1. The first-order valence-electron chi connectivity index (χ1n) is 5.94. The molecule has 19 heavy (non-hydrogen) atoms. The van der Waals surface area contributed by atoms with Gasteiger partial charge in [0.1, 0.15) is 12.2 Å². The summed E-state index contributed by atoms with van der Waals surface area (Å²) in [6.45, 7) is 0.168. The van der Waals surface area contributed by atoms with Gasteiger partial charge >= 0.3 is 5.97 Å². The molecule has 1 aromatic rings. The molecule has 0 saturated carbocycles. The minimum absolute atomic E-state index is 0.253. The highest BCUT2D eigenvalue weighted by Gasteiger charge is 2.11. The molecular formula is C12H17N3O4. The summed E-state index contributed by atoms with van der Waals surface area (Å²) < 4.78 is 1.36. The molecule has 104 valence electrons. The number of amides is 2. The number of hydrogen-bond acceptors (Lipinski definition) is 3. The minimum atomic E-state index is -1.01. The highest BCUT2D eigenvalue weighted by Crippen LogP contribution is 2.02. The number of nitrogens with two attached hydrogens (primary N) is 1. The normalized spacial score (nSPS) is 10.1. The third kappa shape index (κ3) is 5.24. The number of rotatable bonds is 8. The molecule has 0 unspecified atom stereocenters. The number of aliphatic carboxylic acids is 1. The van der Waals surface area contributed by atoms with E-state index in [4.69, 9.17) is 10.8 Å². The Labute approximate surface area is 110 Å². The van der Waals surface area contributed by atoms with E-state index >= 15 is 0 Å². The van der Waals surface area contributed by atoms with Crippen molar-refractivity contribution in [2.45, 2.75) is 25.8 Å². The van der Waals surface area contributed by atoms with Crippen molar-refractivity contribution < 1.29 is 19.5 Å². The summed E-state index contributed by atoms with van der Waals surface area (Å²) in [5.41, 5.74) is 5.30. The van der Waals surface area contributed by atoms with Crippen LogP contribution in [-0.2, 0) is 16.1 Å². The third-order valence-electron chi connectivity index (χ3n) is 2.50. The molecule has 1 rings (SSSR count). The molecule has 0 atom stereocenters. The molecule has 0 saturated heterocycles. The Hall–Kier alpha value is -2.31. The Morgan fingerprint density at radius 1 is 1.32 bits per heavy atom. The maximum Gasteiger partial charge on any atom is 0.323 e. The first-order chi connectivity index (χ1) is 9.00. The Kier molecular flexibility index (Phi) is 5.59. The quantitative estimate of drug-likeness (QED) is 0.573. The van der Waals surface area contributed by atoms with Crippen LogP contribution in [0.4, 0.5) is 0 Å². The van der Waals surface area contributed by atoms with E-state index in [0.717, 1.165) is 0 Å². The Morgan fingerprint density at radius 2 is 2.05 bits per heavy atom. The fourth-order valence-corrected chi connectivity index (χ4v) is 1.62. The summed E-state index contributed by atoms with van der Waals surface area (Å²) in [5, 5.41) is 11.4. The number of carbonyl (C=O) groups is 3. The predicted octanol–water partition coefficient (Wildman–Crippen LogP) is -0.0419. The smallest absolute Gasteiger partial charge is 0.323 e. The van der Waals surface area contributed by atoms with Crippen LogP contribution in [0.2, 0.25) is 0 Å². The summed E-state index contributed by atoms with van der Waals surface area (Å²) in [4.78, 5) is 32.9. The zero-order valence-corrected chi connectivity index (χ0v) is 10.5. The zero-order chi connectivity index (χ0) is 14.3. The fraction of sp³-hybridized carbons (Fsp3) is 0.417. The van der Waals surface area contributed by atoms with Crippen molar-refractivity contribution in [1.82, 2.24) is 9.88 Å². The van der Waals surface area contributed by atoms with Crippen LogP contribution in [0.1, 0.15) is 29.8 Å². The zero-order valence-electron chi connectivity index (χ0n) is 10.5. The van der Waals surface area contributed by atoms with Gasteiger partial charge in [-0.25, -0.2) is 0 Å². The van der Waals surface area contributed by atoms with Gasteiger partial charge in [-0.15, -0.1) is 0 Å². The second kappa shape index (κ2) is 7.20. The Morgan fingerprint density at radius 3 is 2.68 bits per heavy atom. The van der Waals surface area contributed by atoms with E-state index in [0.29, 0.717) is 31.5 Å². The van der Waals surface area contributed by atoms with Crippen LogP contribution in [0.3, 0.4) is 0 Å². The second-order valence-corrected chi connectivity index (χ2v) is 4.09. The van der Waals surface area contributed by atoms with E-state index in [2.05, 4.69) is 5.32 Å². The van der Waals surface area contributed by atoms with E-state index in [1.807, 2.05) is 0 Å². The van der Waals surface area contributed by atoms with Crippen molar-refractivity contribution in [2.24, 2.45) is 5.73 Å². The van der Waals surface area contributed by atoms with Crippen molar-refractivity contribution >= 4 is 17.8 Å². The van der Waals surface area contributed by atoms with Gasteiger partial charge in [-0.2, -0.15) is 0 Å². The van der Waals surface area contributed by atoms with Gasteiger partial charge in [0.25, 0.3) is 5.91 Å². The number of hydrogen-bond donors (Lipinski definition) is 3. The second-order valence-electron chi connectivity index (χ2n) is 4.09. The molecule has 0 aliphatic carbocycles. The molecule has 0 aliphatic heterocycles. The number of primary amides is 1. The lowest BCUT2D eigenvalue weighted by atomic mass is 10.2. The van der Waals surface area contributed by atoms with Gasteiger partial charge in [0.2, 0.25) is 5.91 Å². The van der Waals surface area contributed by atoms with E-state index in [-0.39, 0.29) is 18.4 Å². The molecule has 0 aromatic carbocycles. The van der Waals surface area contributed by atoms with Gasteiger partial charge in [-0.3, -0.25) is 14.4 Å². The number of nitrogens with one attached hydrogen (secondary N) is 1. The summed E-state index contributed by atoms with van der Waals surface area (Å²) in [6.07, 6.45) is 3.10. The molecule has 0 fully saturated rings. The van der Waals surface area contributed by atoms with E-state index in [9.17, 15) is 14.4 Å². The Balaban J connectivity index is 2.39. The van der Waals surface area contributed by atoms with Crippen LogP contribution in [0.25, 0.3) is 0 Å². The molecule has 2 amide bonds. The number of nitrogens with zero attached hydrogens (tertiary/aromatic N) is 1. The van der Waals surface area contributed by atoms with Crippen LogP contribution in [0.15, 0.2) is 18.3 Å². The van der Waals surface area contributed by atoms with Crippen molar-refractivity contribution in [2.75, 3.05) is 6.54 Å². The average Bonchev–Trinajstić information content (AvgIpc) is 2.75. The highest BCUT2D eigenvalue weighted by molar-refractivity contribution is 5.93. The topological polar surface area (TPSA) is 114 Å². The van der Waals surface area contributed by atoms with Crippen molar-refractivity contribution in [1.29, 1.82) is 0 Å². The monoisotopic (exact) mass is 267 g/mol. The van der Waals surface area contributed by atoms with Crippen molar-refractivity contribution in [3.63, 3.8) is 0 Å². The van der Waals surface area contributed by atoms with Crippen molar-refractivity contribution in [3.05, 3.63) is 24.0 Å². The van der Waals surface area contributed by atoms with E-state index < -0.39 is 5.97 Å². The lowest BCUT2D eigenvalue weighted by Crippen LogP contribution is -2.27. The van der Waals surface area contributed by atoms with Crippen LogP contribution >= 0.6 is 0 Å².